The molecule has 13 aromatic rings. The van der Waals surface area contributed by atoms with Gasteiger partial charge in [0.2, 0.25) is 0 Å². The maximum absolute atomic E-state index is 2.65. The van der Waals surface area contributed by atoms with Gasteiger partial charge in [0.15, 0.2) is 0 Å². The van der Waals surface area contributed by atoms with Gasteiger partial charge in [-0.1, -0.05) is 187 Å². The van der Waals surface area contributed by atoms with Crippen LogP contribution in [-0.4, -0.2) is 18.3 Å². The van der Waals surface area contributed by atoms with Crippen molar-refractivity contribution in [3.8, 4) is 0 Å². The summed E-state index contributed by atoms with van der Waals surface area (Å²) in [5.74, 6) is 0. The van der Waals surface area contributed by atoms with Crippen molar-refractivity contribution in [1.82, 2.24) is 18.3 Å². The Morgan fingerprint density at radius 1 is 0.338 bits per heavy atom. The highest BCUT2D eigenvalue weighted by atomic mass is 15.0. The number of benzene rings is 9. The van der Waals surface area contributed by atoms with E-state index >= 15 is 0 Å². The Morgan fingerprint density at radius 3 is 0.926 bits per heavy atom. The van der Waals surface area contributed by atoms with Crippen molar-refractivity contribution < 1.29 is 0 Å². The van der Waals surface area contributed by atoms with Crippen molar-refractivity contribution >= 4 is 109 Å². The molecule has 0 aliphatic heterocycles. The molecule has 0 radical (unpaired) electrons. The van der Waals surface area contributed by atoms with Crippen LogP contribution in [0.4, 0.5) is 0 Å². The predicted octanol–water partition coefficient (Wildman–Crippen LogP) is 17.4. The molecule has 0 saturated heterocycles. The number of para-hydroxylation sites is 4. The number of hydrogen-bond acceptors (Lipinski definition) is 0. The van der Waals surface area contributed by atoms with Gasteiger partial charge in [-0.2, -0.15) is 0 Å². The number of nitrogens with zero attached hydrogens (tertiary/aromatic N) is 4. The molecule has 4 heteroatoms. The summed E-state index contributed by atoms with van der Waals surface area (Å²) < 4.78 is 10.5. The highest BCUT2D eigenvalue weighted by Gasteiger charge is 2.26. The second kappa shape index (κ2) is 15.6. The molecule has 0 fully saturated rings. The lowest BCUT2D eigenvalue weighted by atomic mass is 9.85. The summed E-state index contributed by atoms with van der Waals surface area (Å²) in [7, 11) is 0. The second-order valence-electron chi connectivity index (χ2n) is 20.5. The van der Waals surface area contributed by atoms with Gasteiger partial charge in [0, 0.05) is 113 Å². The van der Waals surface area contributed by atoms with Gasteiger partial charge in [0.25, 0.3) is 0 Å². The fourth-order valence-corrected chi connectivity index (χ4v) is 12.3. The second-order valence-corrected chi connectivity index (χ2v) is 20.5. The number of fused-ring (bicyclic) bond motifs is 20. The summed E-state index contributed by atoms with van der Waals surface area (Å²) in [4.78, 5) is 0. The minimum atomic E-state index is -0.0508. The van der Waals surface area contributed by atoms with E-state index < -0.39 is 0 Å². The van der Waals surface area contributed by atoms with Crippen molar-refractivity contribution in [3.63, 3.8) is 0 Å². The van der Waals surface area contributed by atoms with Crippen molar-refractivity contribution in [3.05, 3.63) is 180 Å². The Hall–Kier alpha value is -7.30. The number of rotatable bonds is 10. The lowest BCUT2D eigenvalue weighted by Gasteiger charge is -2.23. The molecule has 0 saturated carbocycles. The van der Waals surface area contributed by atoms with Crippen LogP contribution in [0.2, 0.25) is 0 Å². The van der Waals surface area contributed by atoms with Gasteiger partial charge in [-0.25, -0.2) is 0 Å². The molecule has 0 unspecified atom stereocenters. The highest BCUT2D eigenvalue weighted by Crippen LogP contribution is 2.47. The van der Waals surface area contributed by atoms with E-state index in [-0.39, 0.29) is 5.41 Å². The van der Waals surface area contributed by atoms with E-state index in [1.54, 1.807) is 0 Å². The molecule has 334 valence electrons. The summed E-state index contributed by atoms with van der Waals surface area (Å²) in [6, 6.07) is 62.5. The maximum atomic E-state index is 2.65. The largest absolute Gasteiger partial charge is 0.340 e. The zero-order valence-electron chi connectivity index (χ0n) is 40.0. The van der Waals surface area contributed by atoms with Gasteiger partial charge < -0.3 is 18.3 Å². The molecule has 9 aromatic carbocycles. The Labute approximate surface area is 397 Å². The summed E-state index contributed by atoms with van der Waals surface area (Å²) in [6.45, 7) is 15.2. The van der Waals surface area contributed by atoms with Crippen LogP contribution in [0.15, 0.2) is 164 Å². The molecular formula is C64H58N4. The maximum Gasteiger partial charge on any atom is 0.0582 e. The van der Waals surface area contributed by atoms with Crippen molar-refractivity contribution in [2.45, 2.75) is 91.9 Å². The number of hydrogen-bond donors (Lipinski definition) is 0. The first-order valence-corrected chi connectivity index (χ1v) is 25.1. The Kier molecular flexibility index (Phi) is 9.41. The zero-order chi connectivity index (χ0) is 45.8. The predicted molar refractivity (Wildman–Crippen MR) is 293 cm³/mol. The average molecular weight is 883 g/mol. The van der Waals surface area contributed by atoms with Gasteiger partial charge in [-0.15, -0.1) is 0 Å². The lowest BCUT2D eigenvalue weighted by molar-refractivity contribution is 0.587. The molecule has 0 spiro atoms. The molecule has 0 aliphatic carbocycles. The van der Waals surface area contributed by atoms with Crippen molar-refractivity contribution in [1.29, 1.82) is 0 Å². The standard InChI is InChI=1S/C64H58N4/c1-6-8-34-65-52-30-18-14-26-48(52)56-58-50-28-16-20-32-54(50)67(62(58)46-24-12-10-22-44(46)60(56)65)39-41-36-42(38-43(37-41)64(3,4)5)40-68-55-33-21-17-29-51(55)59-57-49-27-15-19-31-53(49)66(35-9-7-2)61(57)45-23-11-13-25-47(45)63(59)68/h10-33,36-38H,6-9,34-35,39-40H2,1-5H3. The molecular weight excluding hydrogens is 825 g/mol. The molecule has 0 aliphatic rings. The van der Waals surface area contributed by atoms with Gasteiger partial charge in [0.1, 0.15) is 0 Å². The Morgan fingerprint density at radius 2 is 0.618 bits per heavy atom. The minimum absolute atomic E-state index is 0.0508. The quantitative estimate of drug-likeness (QED) is 0.130. The van der Waals surface area contributed by atoms with Crippen LogP contribution in [0.25, 0.3) is 109 Å². The highest BCUT2D eigenvalue weighted by molar-refractivity contribution is 6.38. The van der Waals surface area contributed by atoms with Crippen molar-refractivity contribution in [2.24, 2.45) is 0 Å². The zero-order valence-corrected chi connectivity index (χ0v) is 40.0. The molecule has 68 heavy (non-hydrogen) atoms. The molecule has 0 bridgehead atoms. The van der Waals surface area contributed by atoms with E-state index in [9.17, 15) is 0 Å². The van der Waals surface area contributed by atoms with Crippen LogP contribution < -0.4 is 0 Å². The SMILES string of the molecule is CCCCn1c2ccccc2c2c3c4ccccc4n(Cc4cc(Cn5c6ccccc6c6c7c8ccccc8n(CCCC)c7c7ccccc7c65)cc(C(C)(C)C)c4)c3c3ccccc3c21. The van der Waals surface area contributed by atoms with Gasteiger partial charge in [-0.05, 0) is 59.2 Å². The van der Waals surface area contributed by atoms with Gasteiger partial charge >= 0.3 is 0 Å². The van der Waals surface area contributed by atoms with Gasteiger partial charge in [-0.3, -0.25) is 0 Å². The van der Waals surface area contributed by atoms with E-state index in [2.05, 4.69) is 217 Å². The molecule has 4 heterocycles. The monoisotopic (exact) mass is 882 g/mol. The molecule has 0 atom stereocenters. The number of unbranched alkanes of at least 4 members (excludes halogenated alkanes) is 2. The van der Waals surface area contributed by atoms with Crippen molar-refractivity contribution in [2.75, 3.05) is 0 Å². The summed E-state index contributed by atoms with van der Waals surface area (Å²) >= 11 is 0. The Balaban J connectivity index is 1.06. The lowest BCUT2D eigenvalue weighted by Crippen LogP contribution is -2.14. The van der Waals surface area contributed by atoms with Crippen LogP contribution in [0.1, 0.15) is 77.0 Å². The fraction of sp³-hybridized carbons (Fsp3) is 0.219. The average Bonchev–Trinajstić information content (AvgIpc) is 4.08. The van der Waals surface area contributed by atoms with Crippen LogP contribution in [0.3, 0.4) is 0 Å². The minimum Gasteiger partial charge on any atom is -0.340 e. The molecule has 0 N–H and O–H groups in total. The van der Waals surface area contributed by atoms with E-state index in [0.717, 1.165) is 51.9 Å². The number of aromatic nitrogens is 4. The molecule has 4 nitrogen and oxygen atoms in total. The Bertz CT molecular complexity index is 3900. The third-order valence-corrected chi connectivity index (χ3v) is 15.3. The first-order valence-electron chi connectivity index (χ1n) is 25.1. The fourth-order valence-electron chi connectivity index (χ4n) is 12.3. The third kappa shape index (κ3) is 5.99. The number of aryl methyl sites for hydroxylation is 2. The van der Waals surface area contributed by atoms with E-state index in [0.29, 0.717) is 0 Å². The summed E-state index contributed by atoms with van der Waals surface area (Å²) in [5.41, 5.74) is 14.6. The van der Waals surface area contributed by atoms with Crippen LogP contribution in [0.5, 0.6) is 0 Å². The summed E-state index contributed by atoms with van der Waals surface area (Å²) in [6.07, 6.45) is 4.61. The van der Waals surface area contributed by atoms with E-state index in [1.165, 1.54) is 125 Å². The van der Waals surface area contributed by atoms with Gasteiger partial charge in [0.05, 0.1) is 22.1 Å². The molecule has 0 amide bonds. The topological polar surface area (TPSA) is 19.7 Å². The smallest absolute Gasteiger partial charge is 0.0582 e. The first kappa shape index (κ1) is 40.9. The van der Waals surface area contributed by atoms with Crippen LogP contribution in [-0.2, 0) is 31.6 Å². The first-order chi connectivity index (χ1) is 33.3. The third-order valence-electron chi connectivity index (χ3n) is 15.3. The van der Waals surface area contributed by atoms with Crippen LogP contribution >= 0.6 is 0 Å². The normalized spacial score (nSPS) is 12.7. The van der Waals surface area contributed by atoms with E-state index in [4.69, 9.17) is 0 Å². The summed E-state index contributed by atoms with van der Waals surface area (Å²) in [5, 5.41) is 16.1. The van der Waals surface area contributed by atoms with Crippen LogP contribution in [0, 0.1) is 0 Å². The molecule has 13 rings (SSSR count). The van der Waals surface area contributed by atoms with E-state index in [1.807, 2.05) is 0 Å². The molecule has 4 aromatic heterocycles.